The summed E-state index contributed by atoms with van der Waals surface area (Å²) in [6.07, 6.45) is 10.0. The molecule has 0 saturated heterocycles. The van der Waals surface area contributed by atoms with E-state index in [0.29, 0.717) is 17.8 Å². The molecule has 0 aliphatic heterocycles. The molecule has 2 fully saturated rings. The van der Waals surface area contributed by atoms with Gasteiger partial charge in [0.05, 0.1) is 0 Å². The fourth-order valence-corrected chi connectivity index (χ4v) is 7.86. The van der Waals surface area contributed by atoms with Crippen LogP contribution in [0.3, 0.4) is 0 Å². The number of allylic oxidation sites excluding steroid dienone is 3. The van der Waals surface area contributed by atoms with Crippen LogP contribution in [0.25, 0.3) is 0 Å². The standard InChI is InChI=1S/C21H30O3.17W/c1-20-10-5-6-14(20)13-7-8-15-19(24-4)17(23-3)9-11-21(15,2)18(13)16(22)12-20;;;;;;;;;;;;;;;;;/h7-8,13-14,16-18,22H,5-6,9,11-12H2,1-4H3;;;;;;;;;;;;;;;;;/t13?,14?,16-,17?,18?,20?,21?;;;;;;;;;;;;;;;;;/m1................./s1. The molecule has 3 nitrogen and oxygen atoms in total. The van der Waals surface area contributed by atoms with E-state index >= 15 is 0 Å². The molecule has 4 aliphatic rings. The molecule has 0 bridgehead atoms. The Hall–Kier alpha value is 10.8. The first-order valence-corrected chi connectivity index (χ1v) is 11.0. The molecule has 0 spiro atoms. The summed E-state index contributed by atoms with van der Waals surface area (Å²) in [5, 5.41) is 11.3. The number of rotatable bonds is 2. The van der Waals surface area contributed by atoms with Gasteiger partial charge in [0, 0.05) is 337 Å². The number of ether oxygens (including phenoxy) is 2. The number of aliphatic hydroxyl groups is 1. The van der Waals surface area contributed by atoms with Gasteiger partial charge in [0.2, 0.25) is 0 Å². The summed E-state index contributed by atoms with van der Waals surface area (Å²) in [4.78, 5) is 0. The van der Waals surface area contributed by atoms with Crippen LogP contribution in [0.5, 0.6) is 0 Å². The maximum absolute atomic E-state index is 11.3. The van der Waals surface area contributed by atoms with Crippen molar-refractivity contribution in [3.05, 3.63) is 23.5 Å². The Morgan fingerprint density at radius 1 is 0.756 bits per heavy atom. The second-order valence-electron chi connectivity index (χ2n) is 8.88. The van der Waals surface area contributed by atoms with Gasteiger partial charge in [-0.05, 0) is 0 Å². The third kappa shape index (κ3) is 19.0. The molecule has 234 valence electrons. The van der Waals surface area contributed by atoms with Crippen molar-refractivity contribution in [2.75, 3.05) is 14.2 Å². The molecule has 1 N–H and O–H groups in total. The Bertz CT molecular complexity index is 688. The van der Waals surface area contributed by atoms with E-state index in [9.17, 15) is 5.11 Å². The summed E-state index contributed by atoms with van der Waals surface area (Å²) in [5.41, 5.74) is 1.50. The van der Waals surface area contributed by atoms with Crippen LogP contribution in [-0.2, 0) is 366 Å². The van der Waals surface area contributed by atoms with Gasteiger partial charge in [-0.2, -0.15) is 0 Å². The van der Waals surface area contributed by atoms with Crippen molar-refractivity contribution in [2.24, 2.45) is 28.6 Å². The van der Waals surface area contributed by atoms with E-state index in [0.717, 1.165) is 25.0 Å². The predicted octanol–water partition coefficient (Wildman–Crippen LogP) is 3.36. The Labute approximate surface area is 488 Å². The normalized spacial score (nSPS) is 29.8. The van der Waals surface area contributed by atoms with E-state index in [1.807, 2.05) is 0 Å². The molecule has 0 aromatic rings. The molecule has 4 aliphatic carbocycles. The molecular formula is C21H30O3W17. The van der Waals surface area contributed by atoms with Gasteiger partial charge in [-0.3, -0.25) is 0 Å². The van der Waals surface area contributed by atoms with Crippen molar-refractivity contribution in [1.29, 1.82) is 0 Å². The van der Waals surface area contributed by atoms with E-state index < -0.39 is 0 Å². The predicted molar refractivity (Wildman–Crippen MR) is 94.8 cm³/mol. The van der Waals surface area contributed by atoms with Gasteiger partial charge in [0.25, 0.3) is 0 Å². The van der Waals surface area contributed by atoms with Crippen LogP contribution < -0.4 is 0 Å². The van der Waals surface area contributed by atoms with E-state index in [2.05, 4.69) is 26.0 Å². The van der Waals surface area contributed by atoms with Crippen molar-refractivity contribution in [3.8, 4) is 0 Å². The first-order chi connectivity index (χ1) is 11.9. The summed E-state index contributed by atoms with van der Waals surface area (Å²) >= 11 is 1.62. The smallest absolute Gasteiger partial charge is 0 e. The van der Waals surface area contributed by atoms with Gasteiger partial charge in [-0.15, -0.1) is 0 Å². The van der Waals surface area contributed by atoms with Crippen molar-refractivity contribution in [1.82, 2.24) is 0 Å². The number of fused-ring (bicyclic) bond motifs is 5. The second kappa shape index (κ2) is 40.4. The Kier molecular flexibility index (Phi) is 87.6. The molecule has 0 amide bonds. The molecule has 0 aromatic carbocycles. The van der Waals surface area contributed by atoms with Crippen molar-refractivity contribution in [3.63, 3.8) is 0 Å². The van der Waals surface area contributed by atoms with E-state index in [1.165, 1.54) is 18.4 Å². The zero-order valence-electron chi connectivity index (χ0n) is 22.3. The molecule has 0 aromatic heterocycles. The molecule has 6 unspecified atom stereocenters. The SMILES string of the molecule is COC1=C2C=CC3C4CC[C](=[W])C4(C)C[C@@H](O)C3C2(C)CCC1OC.[W].[W].[W].[W].[W].[W].[W].[W].[W].[W].[W].[W].[W].[W].[W].[W]. The molecule has 2 saturated carbocycles. The molecule has 0 radical (unpaired) electrons. The van der Waals surface area contributed by atoms with E-state index in [4.69, 9.17) is 9.47 Å². The molecule has 4 rings (SSSR count). The molecule has 41 heavy (non-hydrogen) atoms. The average Bonchev–Trinajstić information content (AvgIpc) is 2.87. The first kappa shape index (κ1) is 88.8. The van der Waals surface area contributed by atoms with Crippen LogP contribution in [0.2, 0.25) is 0 Å². The summed E-state index contributed by atoms with van der Waals surface area (Å²) in [6.45, 7) is 4.77. The number of hydrogen-bond donors (Lipinski definition) is 1. The van der Waals surface area contributed by atoms with Gasteiger partial charge in [-0.1, -0.05) is 0 Å². The molecule has 20 heteroatoms. The Morgan fingerprint density at radius 2 is 1.22 bits per heavy atom. The fourth-order valence-electron chi connectivity index (χ4n) is 6.60. The largest absolute Gasteiger partial charge is 0 e. The van der Waals surface area contributed by atoms with Crippen LogP contribution in [0.4, 0.5) is 0 Å². The molecule has 0 heterocycles. The topological polar surface area (TPSA) is 38.7 Å². The van der Waals surface area contributed by atoms with Gasteiger partial charge < -0.3 is 0 Å². The fraction of sp³-hybridized carbons (Fsp3) is 0.762. The monoisotopic (exact) mass is 3460 g/mol. The zero-order chi connectivity index (χ0) is 18.0. The average molecular weight is 3460 g/mol. The quantitative estimate of drug-likeness (QED) is 0.462. The minimum Gasteiger partial charge on any atom is 0 e. The molecular weight excluding hydrogens is 3430 g/mol. The van der Waals surface area contributed by atoms with Gasteiger partial charge >= 0.3 is 162 Å². The number of aliphatic hydroxyl groups excluding tert-OH is 1. The third-order valence-corrected chi connectivity index (χ3v) is 10.3. The summed E-state index contributed by atoms with van der Waals surface area (Å²) < 4.78 is 13.1. The van der Waals surface area contributed by atoms with Crippen LogP contribution >= 0.6 is 0 Å². The van der Waals surface area contributed by atoms with E-state index in [-0.39, 0.29) is 360 Å². The Balaban J connectivity index is -0.0000000445. The van der Waals surface area contributed by atoms with Crippen molar-refractivity contribution >= 4 is 3.90 Å². The zero-order valence-corrected chi connectivity index (χ0v) is 72.1. The number of methoxy groups -OCH3 is 2. The summed E-state index contributed by atoms with van der Waals surface area (Å²) in [5.74, 6) is 2.45. The third-order valence-electron chi connectivity index (χ3n) is 7.89. The van der Waals surface area contributed by atoms with Gasteiger partial charge in [-0.25, -0.2) is 0 Å². The summed E-state index contributed by atoms with van der Waals surface area (Å²) in [6, 6.07) is 0. The van der Waals surface area contributed by atoms with Crippen molar-refractivity contribution in [2.45, 2.75) is 58.2 Å². The van der Waals surface area contributed by atoms with Crippen LogP contribution in [-0.4, -0.2) is 35.4 Å². The van der Waals surface area contributed by atoms with Gasteiger partial charge in [0.15, 0.2) is 0 Å². The number of hydrogen-bond acceptors (Lipinski definition) is 3. The van der Waals surface area contributed by atoms with Crippen molar-refractivity contribution < 1.29 is 371 Å². The first-order valence-electron chi connectivity index (χ1n) is 9.58. The van der Waals surface area contributed by atoms with Crippen LogP contribution in [0, 0.1) is 28.6 Å². The van der Waals surface area contributed by atoms with Crippen LogP contribution in [0.15, 0.2) is 23.5 Å². The summed E-state index contributed by atoms with van der Waals surface area (Å²) in [7, 11) is 3.52. The van der Waals surface area contributed by atoms with Gasteiger partial charge in [0.1, 0.15) is 0 Å². The minimum atomic E-state index is -0.235. The van der Waals surface area contributed by atoms with Crippen LogP contribution in [0.1, 0.15) is 46.0 Å². The Morgan fingerprint density at radius 3 is 1.63 bits per heavy atom. The maximum Gasteiger partial charge on any atom is 0 e. The minimum absolute atomic E-state index is 0. The van der Waals surface area contributed by atoms with E-state index in [1.54, 1.807) is 37.5 Å². The molecule has 7 atom stereocenters. The second-order valence-corrected chi connectivity index (χ2v) is 10.7. The maximum atomic E-state index is 11.3.